The molecule has 1 nitrogen and oxygen atoms in total. The summed E-state index contributed by atoms with van der Waals surface area (Å²) in [5.74, 6) is -0.0331. The molecule has 1 atom stereocenters. The Morgan fingerprint density at radius 2 is 1.76 bits per heavy atom. The molecule has 0 saturated heterocycles. The highest BCUT2D eigenvalue weighted by Crippen LogP contribution is 2.43. The summed E-state index contributed by atoms with van der Waals surface area (Å²) in [6.45, 7) is 0. The fraction of sp³-hybridized carbons (Fsp3) is 0.200. The number of hydrogen-bond acceptors (Lipinski definition) is 1. The first kappa shape index (κ1) is 12.9. The highest BCUT2D eigenvalue weighted by Gasteiger charge is 2.41. The molecule has 0 saturated carbocycles. The van der Waals surface area contributed by atoms with Gasteiger partial charge < -0.3 is 4.74 Å². The lowest BCUT2D eigenvalue weighted by molar-refractivity contribution is -0.180. The molecule has 1 aliphatic heterocycles. The van der Waals surface area contributed by atoms with E-state index in [0.29, 0.717) is 5.56 Å². The summed E-state index contributed by atoms with van der Waals surface area (Å²) in [6, 6.07) is 1.22. The molecule has 1 unspecified atom stereocenters. The number of ether oxygens (including phenoxy) is 1. The van der Waals surface area contributed by atoms with Crippen LogP contribution in [0.25, 0.3) is 6.08 Å². The first-order valence-corrected chi connectivity index (χ1v) is 5.53. The van der Waals surface area contributed by atoms with Crippen molar-refractivity contribution in [3.05, 3.63) is 32.8 Å². The van der Waals surface area contributed by atoms with E-state index in [2.05, 4.69) is 0 Å². The molecular weight excluding hydrogens is 299 g/mol. The molecule has 1 heterocycles. The second-order valence-corrected chi connectivity index (χ2v) is 4.50. The van der Waals surface area contributed by atoms with E-state index in [1.54, 1.807) is 0 Å². The Morgan fingerprint density at radius 1 is 1.12 bits per heavy atom. The quantitative estimate of drug-likeness (QED) is 0.614. The van der Waals surface area contributed by atoms with Crippen LogP contribution in [0.1, 0.15) is 5.56 Å². The van der Waals surface area contributed by atoms with Gasteiger partial charge in [-0.2, -0.15) is 13.2 Å². The lowest BCUT2D eigenvalue weighted by atomic mass is 10.1. The van der Waals surface area contributed by atoms with Crippen LogP contribution in [-0.2, 0) is 0 Å². The Morgan fingerprint density at radius 3 is 2.35 bits per heavy atom. The van der Waals surface area contributed by atoms with Gasteiger partial charge in [-0.25, -0.2) is 0 Å². The number of rotatable bonds is 0. The van der Waals surface area contributed by atoms with E-state index < -0.39 is 12.3 Å². The number of hydrogen-bond donors (Lipinski definition) is 0. The maximum atomic E-state index is 12.4. The van der Waals surface area contributed by atoms with Crippen molar-refractivity contribution in [2.75, 3.05) is 0 Å². The van der Waals surface area contributed by atoms with Crippen LogP contribution >= 0.6 is 34.8 Å². The lowest BCUT2D eigenvalue weighted by Crippen LogP contribution is -2.33. The second-order valence-electron chi connectivity index (χ2n) is 3.34. The zero-order valence-corrected chi connectivity index (χ0v) is 10.3. The summed E-state index contributed by atoms with van der Waals surface area (Å²) in [4.78, 5) is 0. The number of benzene rings is 1. The minimum atomic E-state index is -4.48. The normalized spacial score (nSPS) is 18.8. The third-order valence-corrected chi connectivity index (χ3v) is 3.45. The zero-order chi connectivity index (χ0) is 12.8. The predicted octanol–water partition coefficient (Wildman–Crippen LogP) is 4.98. The van der Waals surface area contributed by atoms with Crippen LogP contribution in [0.2, 0.25) is 15.1 Å². The topological polar surface area (TPSA) is 9.23 Å². The van der Waals surface area contributed by atoms with Gasteiger partial charge in [-0.15, -0.1) is 0 Å². The zero-order valence-electron chi connectivity index (χ0n) is 7.99. The Balaban J connectivity index is 2.47. The smallest absolute Gasteiger partial charge is 0.429 e. The molecule has 7 heteroatoms. The van der Waals surface area contributed by atoms with E-state index in [1.165, 1.54) is 12.1 Å². The van der Waals surface area contributed by atoms with Gasteiger partial charge in [0.2, 0.25) is 6.10 Å². The van der Waals surface area contributed by atoms with Crippen LogP contribution in [0, 0.1) is 0 Å². The van der Waals surface area contributed by atoms with Gasteiger partial charge in [0.1, 0.15) is 5.75 Å². The monoisotopic (exact) mass is 302 g/mol. The average Bonchev–Trinajstić information content (AvgIpc) is 2.24. The molecule has 2 rings (SSSR count). The van der Waals surface area contributed by atoms with Crippen molar-refractivity contribution in [1.29, 1.82) is 0 Å². The Kier molecular flexibility index (Phi) is 3.23. The first-order chi connectivity index (χ1) is 7.80. The van der Waals surface area contributed by atoms with Gasteiger partial charge in [0.15, 0.2) is 0 Å². The van der Waals surface area contributed by atoms with Crippen molar-refractivity contribution < 1.29 is 17.9 Å². The van der Waals surface area contributed by atoms with Gasteiger partial charge in [0.25, 0.3) is 0 Å². The van der Waals surface area contributed by atoms with Crippen LogP contribution in [0.4, 0.5) is 13.2 Å². The van der Waals surface area contributed by atoms with Gasteiger partial charge in [-0.1, -0.05) is 34.8 Å². The van der Waals surface area contributed by atoms with Crippen molar-refractivity contribution in [2.45, 2.75) is 12.3 Å². The SMILES string of the molecule is FC(F)(F)C1C=Cc2c(cc(Cl)c(Cl)c2Cl)O1. The molecule has 17 heavy (non-hydrogen) atoms. The largest absolute Gasteiger partial charge is 0.476 e. The van der Waals surface area contributed by atoms with Crippen LogP contribution < -0.4 is 4.74 Å². The summed E-state index contributed by atoms with van der Waals surface area (Å²) >= 11 is 17.3. The van der Waals surface area contributed by atoms with Crippen LogP contribution in [0.5, 0.6) is 5.75 Å². The van der Waals surface area contributed by atoms with E-state index in [0.717, 1.165) is 6.08 Å². The number of fused-ring (bicyclic) bond motifs is 1. The van der Waals surface area contributed by atoms with Crippen molar-refractivity contribution in [3.63, 3.8) is 0 Å². The fourth-order valence-electron chi connectivity index (χ4n) is 1.38. The molecule has 1 aromatic rings. The van der Waals surface area contributed by atoms with Crippen molar-refractivity contribution in [3.8, 4) is 5.75 Å². The predicted molar refractivity (Wildman–Crippen MR) is 61.0 cm³/mol. The second kappa shape index (κ2) is 4.26. The Labute approximate surface area is 110 Å². The molecule has 0 spiro atoms. The minimum absolute atomic E-state index is 0.0331. The van der Waals surface area contributed by atoms with E-state index >= 15 is 0 Å². The average molecular weight is 303 g/mol. The maximum Gasteiger partial charge on any atom is 0.429 e. The third-order valence-electron chi connectivity index (χ3n) is 2.18. The van der Waals surface area contributed by atoms with Crippen molar-refractivity contribution >= 4 is 40.9 Å². The summed E-state index contributed by atoms with van der Waals surface area (Å²) in [5, 5.41) is 0.212. The van der Waals surface area contributed by atoms with Gasteiger partial charge in [0, 0.05) is 11.6 Å². The van der Waals surface area contributed by atoms with E-state index in [-0.39, 0.29) is 20.8 Å². The molecule has 1 aliphatic rings. The van der Waals surface area contributed by atoms with Crippen LogP contribution in [0.15, 0.2) is 12.1 Å². The minimum Gasteiger partial charge on any atom is -0.476 e. The Hall–Kier alpha value is -0.580. The highest BCUT2D eigenvalue weighted by atomic mass is 35.5. The first-order valence-electron chi connectivity index (χ1n) is 4.40. The molecule has 0 amide bonds. The number of halogens is 6. The maximum absolute atomic E-state index is 12.4. The van der Waals surface area contributed by atoms with Gasteiger partial charge in [-0.3, -0.25) is 0 Å². The summed E-state index contributed by atoms with van der Waals surface area (Å²) in [6.07, 6.45) is -4.38. The van der Waals surface area contributed by atoms with Crippen LogP contribution in [-0.4, -0.2) is 12.3 Å². The third kappa shape index (κ3) is 2.34. The molecule has 0 bridgehead atoms. The van der Waals surface area contributed by atoms with Gasteiger partial charge in [0.05, 0.1) is 15.1 Å². The Bertz CT molecular complexity index is 497. The fourth-order valence-corrected chi connectivity index (χ4v) is 2.03. The van der Waals surface area contributed by atoms with Crippen LogP contribution in [0.3, 0.4) is 0 Å². The standard InChI is InChI=1S/C10H4Cl3F3O/c11-5-3-6-4(8(12)9(5)13)1-2-7(17-6)10(14,15)16/h1-3,7H. The molecular formula is C10H4Cl3F3O. The van der Waals surface area contributed by atoms with E-state index in [1.807, 2.05) is 0 Å². The number of alkyl halides is 3. The lowest BCUT2D eigenvalue weighted by Gasteiger charge is -2.24. The molecule has 0 aliphatic carbocycles. The van der Waals surface area contributed by atoms with E-state index in [4.69, 9.17) is 39.5 Å². The summed E-state index contributed by atoms with van der Waals surface area (Å²) in [5.41, 5.74) is 0.293. The molecule has 1 aromatic carbocycles. The van der Waals surface area contributed by atoms with Crippen molar-refractivity contribution in [1.82, 2.24) is 0 Å². The van der Waals surface area contributed by atoms with E-state index in [9.17, 15) is 13.2 Å². The molecule has 0 aromatic heterocycles. The highest BCUT2D eigenvalue weighted by molar-refractivity contribution is 6.48. The van der Waals surface area contributed by atoms with Crippen molar-refractivity contribution in [2.24, 2.45) is 0 Å². The summed E-state index contributed by atoms with van der Waals surface area (Å²) < 4.78 is 42.1. The molecule has 0 fully saturated rings. The molecule has 92 valence electrons. The van der Waals surface area contributed by atoms with Gasteiger partial charge in [-0.05, 0) is 12.2 Å². The molecule has 0 N–H and O–H groups in total. The molecule has 0 radical (unpaired) electrons. The summed E-state index contributed by atoms with van der Waals surface area (Å²) in [7, 11) is 0. The van der Waals surface area contributed by atoms with Gasteiger partial charge >= 0.3 is 6.18 Å².